The van der Waals surface area contributed by atoms with Gasteiger partial charge >= 0.3 is 35.7 Å². The van der Waals surface area contributed by atoms with Gasteiger partial charge in [0.2, 0.25) is 0 Å². The molecule has 0 atom stereocenters. The average Bonchev–Trinajstić information content (AvgIpc) is 0.811. The van der Waals surface area contributed by atoms with Crippen molar-refractivity contribution >= 4 is 23.5 Å². The third-order valence-electron chi connectivity index (χ3n) is 0. The van der Waals surface area contributed by atoms with Crippen LogP contribution < -0.4 is 29.6 Å². The van der Waals surface area contributed by atoms with E-state index in [-0.39, 0.29) is 59.3 Å². The minimum atomic E-state index is -1.83. The molecule has 0 spiro atoms. The minimum Gasteiger partial charge on any atom is -1.00 e. The Morgan fingerprint density at radius 2 is 1.25 bits per heavy atom. The maximum absolute atomic E-state index is 8.56. The van der Waals surface area contributed by atoms with Gasteiger partial charge in [0, 0.05) is 0 Å². The van der Waals surface area contributed by atoms with Crippen molar-refractivity contribution in [3.63, 3.8) is 0 Å². The normalized spacial score (nSPS) is 3.00. The van der Waals surface area contributed by atoms with E-state index < -0.39 is 6.16 Å². The van der Waals surface area contributed by atoms with Gasteiger partial charge in [-0.25, -0.2) is 4.79 Å². The Morgan fingerprint density at radius 3 is 1.25 bits per heavy atom. The Bertz CT molecular complexity index is 39.9. The van der Waals surface area contributed by atoms with Gasteiger partial charge in [-0.05, 0) is 0 Å². The Kier molecular flexibility index (Phi) is 118. The second-order valence-electron chi connectivity index (χ2n) is 0.283. The van der Waals surface area contributed by atoms with Crippen molar-refractivity contribution in [2.45, 2.75) is 0 Å². The van der Waals surface area contributed by atoms with E-state index in [0.29, 0.717) is 0 Å². The van der Waals surface area contributed by atoms with Crippen LogP contribution in [0.25, 0.3) is 0 Å². The van der Waals surface area contributed by atoms with Crippen molar-refractivity contribution in [1.82, 2.24) is 0 Å². The fourth-order valence-electron chi connectivity index (χ4n) is 0. The van der Waals surface area contributed by atoms with E-state index in [1.54, 1.807) is 0 Å². The van der Waals surface area contributed by atoms with Gasteiger partial charge in [0.1, 0.15) is 0 Å². The summed E-state index contributed by atoms with van der Waals surface area (Å²) in [6, 6.07) is 0. The molecule has 0 bridgehead atoms. The van der Waals surface area contributed by atoms with Crippen LogP contribution in [0.1, 0.15) is 1.43 Å². The van der Waals surface area contributed by atoms with E-state index in [9.17, 15) is 0 Å². The zero-order chi connectivity index (χ0) is 3.58. The van der Waals surface area contributed by atoms with Gasteiger partial charge in [-0.2, -0.15) is 0 Å². The molecular weight excluding hydrogens is 142 g/mol. The van der Waals surface area contributed by atoms with Crippen LogP contribution in [0.2, 0.25) is 0 Å². The summed E-state index contributed by atoms with van der Waals surface area (Å²) in [5.41, 5.74) is 0. The number of hydrogen-bond donors (Lipinski definition) is 2. The summed E-state index contributed by atoms with van der Waals surface area (Å²) in [5, 5.41) is 13.9. The molecule has 0 heterocycles. The number of rotatable bonds is 0. The zero-order valence-corrected chi connectivity index (χ0v) is 7.92. The first-order chi connectivity index (χ1) is 1.73. The molecule has 0 aromatic rings. The summed E-state index contributed by atoms with van der Waals surface area (Å²) >= 11 is 0. The molecule has 8 heavy (non-hydrogen) atoms. The van der Waals surface area contributed by atoms with E-state index in [1.165, 1.54) is 0 Å². The number of carbonyl (C=O) groups is 1. The van der Waals surface area contributed by atoms with Gasteiger partial charge in [-0.3, -0.25) is 0 Å². The quantitative estimate of drug-likeness (QED) is 0.336. The van der Waals surface area contributed by atoms with Crippen LogP contribution in [0.5, 0.6) is 0 Å². The largest absolute Gasteiger partial charge is 1.00 e. The fourth-order valence-corrected chi connectivity index (χ4v) is 0. The SMILES string of the molecule is O.O.O=C(O)O.[AlH].[H-].[Na+]. The smallest absolute Gasteiger partial charge is 1.00 e. The first-order valence-electron chi connectivity index (χ1n) is 0.651. The van der Waals surface area contributed by atoms with E-state index in [2.05, 4.69) is 0 Å². The Morgan fingerprint density at radius 1 is 1.25 bits per heavy atom. The molecule has 5 nitrogen and oxygen atoms in total. The summed E-state index contributed by atoms with van der Waals surface area (Å²) in [5.74, 6) is 0. The molecule has 0 rings (SSSR count). The molecule has 0 aliphatic rings. The standard InChI is InChI=1S/CH2O3.Al.Na.2H2O.2H/c2-1(3)4;;;;;;/h(H2,2,3,4);;;2*1H2;;/q;;+1;;;;-1. The minimum absolute atomic E-state index is 0. The van der Waals surface area contributed by atoms with E-state index in [0.717, 1.165) is 0 Å². The second-order valence-corrected chi connectivity index (χ2v) is 0.283. The first kappa shape index (κ1) is 37.5. The molecule has 0 amide bonds. The third-order valence-corrected chi connectivity index (χ3v) is 0. The van der Waals surface area contributed by atoms with Crippen LogP contribution in [-0.2, 0) is 0 Å². The van der Waals surface area contributed by atoms with Gasteiger partial charge < -0.3 is 22.6 Å². The van der Waals surface area contributed by atoms with Crippen molar-refractivity contribution in [1.29, 1.82) is 0 Å². The summed E-state index contributed by atoms with van der Waals surface area (Å²) in [4.78, 5) is 8.56. The van der Waals surface area contributed by atoms with E-state index in [4.69, 9.17) is 15.0 Å². The summed E-state index contributed by atoms with van der Waals surface area (Å²) in [7, 11) is 0. The monoisotopic (exact) mass is 150 g/mol. The van der Waals surface area contributed by atoms with Gasteiger partial charge in [-0.15, -0.1) is 0 Å². The third kappa shape index (κ3) is 422. The van der Waals surface area contributed by atoms with Crippen molar-refractivity contribution in [3.05, 3.63) is 0 Å². The van der Waals surface area contributed by atoms with Crippen molar-refractivity contribution < 1.29 is 56.9 Å². The molecule has 0 saturated carbocycles. The maximum Gasteiger partial charge on any atom is 1.00 e. The first-order valence-corrected chi connectivity index (χ1v) is 0.651. The zero-order valence-electron chi connectivity index (χ0n) is 5.51. The van der Waals surface area contributed by atoms with Crippen molar-refractivity contribution in [2.24, 2.45) is 0 Å². The topological polar surface area (TPSA) is 121 Å². The van der Waals surface area contributed by atoms with Crippen LogP contribution >= 0.6 is 0 Å². The number of carboxylic acid groups (broad SMARTS) is 2. The predicted molar refractivity (Wildman–Crippen MR) is 26.1 cm³/mol. The van der Waals surface area contributed by atoms with Gasteiger partial charge in [0.15, 0.2) is 0 Å². The summed E-state index contributed by atoms with van der Waals surface area (Å²) < 4.78 is 0. The number of hydrogen-bond acceptors (Lipinski definition) is 1. The molecule has 0 aromatic heterocycles. The van der Waals surface area contributed by atoms with E-state index >= 15 is 0 Å². The molecule has 0 aliphatic carbocycles. The molecule has 0 aromatic carbocycles. The molecule has 0 unspecified atom stereocenters. The van der Waals surface area contributed by atoms with Crippen LogP contribution in [-0.4, -0.2) is 44.7 Å². The van der Waals surface area contributed by atoms with Gasteiger partial charge in [-0.1, -0.05) is 0 Å². The maximum atomic E-state index is 8.56. The van der Waals surface area contributed by atoms with Crippen LogP contribution in [0, 0.1) is 0 Å². The Balaban J connectivity index is -0.00000000450. The predicted octanol–water partition coefficient (Wildman–Crippen LogP) is -4.96. The van der Waals surface area contributed by atoms with Crippen molar-refractivity contribution in [3.8, 4) is 0 Å². The summed E-state index contributed by atoms with van der Waals surface area (Å²) in [6.45, 7) is 0. The molecule has 6 N–H and O–H groups in total. The molecule has 0 saturated heterocycles. The molecule has 0 aliphatic heterocycles. The second kappa shape index (κ2) is 25.2. The van der Waals surface area contributed by atoms with Gasteiger partial charge in [0.05, 0.1) is 17.4 Å². The molecule has 46 valence electrons. The fraction of sp³-hybridized carbons (Fsp3) is 0. The van der Waals surface area contributed by atoms with Crippen LogP contribution in [0.15, 0.2) is 0 Å². The Hall–Kier alpha value is 0.722. The summed E-state index contributed by atoms with van der Waals surface area (Å²) in [6.07, 6.45) is -1.83. The molecular formula is CH8AlNaO5. The molecule has 2 radical (unpaired) electrons. The van der Waals surface area contributed by atoms with E-state index in [1.807, 2.05) is 0 Å². The Labute approximate surface area is 80.2 Å². The van der Waals surface area contributed by atoms with Crippen LogP contribution in [0.3, 0.4) is 0 Å². The molecule has 7 heteroatoms. The molecule has 0 fully saturated rings. The average molecular weight is 150 g/mol. The van der Waals surface area contributed by atoms with Gasteiger partial charge in [0.25, 0.3) is 0 Å². The van der Waals surface area contributed by atoms with Crippen molar-refractivity contribution in [2.75, 3.05) is 0 Å². The van der Waals surface area contributed by atoms with Crippen LogP contribution in [0.4, 0.5) is 4.79 Å².